The van der Waals surface area contributed by atoms with Crippen LogP contribution >= 0.6 is 11.6 Å². The van der Waals surface area contributed by atoms with Crippen molar-refractivity contribution in [1.82, 2.24) is 29.0 Å². The van der Waals surface area contributed by atoms with Gasteiger partial charge in [-0.1, -0.05) is 17.7 Å². The number of hydrogen-bond donors (Lipinski definition) is 0. The van der Waals surface area contributed by atoms with Crippen LogP contribution in [0.2, 0.25) is 5.02 Å². The molecule has 4 aromatic rings. The number of ether oxygens (including phenoxy) is 1. The van der Waals surface area contributed by atoms with Crippen LogP contribution in [0.1, 0.15) is 25.0 Å². The number of benzene rings is 1. The van der Waals surface area contributed by atoms with Crippen molar-refractivity contribution < 1.29 is 9.13 Å². The van der Waals surface area contributed by atoms with E-state index in [1.54, 1.807) is 12.3 Å². The van der Waals surface area contributed by atoms with Gasteiger partial charge in [-0.25, -0.2) is 19.2 Å². The lowest BCUT2D eigenvalue weighted by Crippen LogP contribution is -2.44. The molecule has 1 aromatic carbocycles. The SMILES string of the molecule is CC1CN(Cc2cnc3c(c2)c2ncnn2c(=O)n3Cc2ccc(F)cc2Cl)CC(C)O1. The van der Waals surface area contributed by atoms with Crippen LogP contribution in [0, 0.1) is 5.82 Å². The summed E-state index contributed by atoms with van der Waals surface area (Å²) in [4.78, 5) is 24.3. The van der Waals surface area contributed by atoms with Gasteiger partial charge in [0.2, 0.25) is 0 Å². The highest BCUT2D eigenvalue weighted by Crippen LogP contribution is 2.22. The summed E-state index contributed by atoms with van der Waals surface area (Å²) in [5, 5.41) is 5.06. The predicted octanol–water partition coefficient (Wildman–Crippen LogP) is 2.89. The zero-order chi connectivity index (χ0) is 22.4. The van der Waals surface area contributed by atoms with Gasteiger partial charge in [-0.2, -0.15) is 9.61 Å². The van der Waals surface area contributed by atoms with Gasteiger partial charge >= 0.3 is 5.69 Å². The van der Waals surface area contributed by atoms with Gasteiger partial charge in [-0.15, -0.1) is 0 Å². The first-order valence-electron chi connectivity index (χ1n) is 10.4. The van der Waals surface area contributed by atoms with E-state index in [4.69, 9.17) is 16.3 Å². The Morgan fingerprint density at radius 2 is 1.91 bits per heavy atom. The maximum absolute atomic E-state index is 13.5. The number of hydrogen-bond acceptors (Lipinski definition) is 6. The van der Waals surface area contributed by atoms with Gasteiger partial charge in [0.15, 0.2) is 5.65 Å². The number of morpholine rings is 1. The molecule has 0 saturated carbocycles. The fourth-order valence-electron chi connectivity index (χ4n) is 4.37. The molecule has 0 amide bonds. The summed E-state index contributed by atoms with van der Waals surface area (Å²) in [5.41, 5.74) is 2.15. The van der Waals surface area contributed by atoms with Gasteiger partial charge in [-0.05, 0) is 43.2 Å². The van der Waals surface area contributed by atoms with E-state index < -0.39 is 5.82 Å². The summed E-state index contributed by atoms with van der Waals surface area (Å²) in [5.74, 6) is -0.433. The highest BCUT2D eigenvalue weighted by Gasteiger charge is 2.23. The molecule has 0 radical (unpaired) electrons. The Morgan fingerprint density at radius 1 is 1.12 bits per heavy atom. The number of fused-ring (bicyclic) bond motifs is 3. The van der Waals surface area contributed by atoms with E-state index in [0.717, 1.165) is 18.7 Å². The molecule has 1 aliphatic heterocycles. The molecule has 0 spiro atoms. The van der Waals surface area contributed by atoms with Gasteiger partial charge in [0.25, 0.3) is 0 Å². The third kappa shape index (κ3) is 3.87. The van der Waals surface area contributed by atoms with Crippen LogP contribution in [0.3, 0.4) is 0 Å². The average molecular weight is 457 g/mol. The van der Waals surface area contributed by atoms with Crippen LogP contribution in [0.5, 0.6) is 0 Å². The highest BCUT2D eigenvalue weighted by atomic mass is 35.5. The molecule has 2 unspecified atom stereocenters. The maximum Gasteiger partial charge on any atom is 0.352 e. The summed E-state index contributed by atoms with van der Waals surface area (Å²) in [6, 6.07) is 6.11. The zero-order valence-electron chi connectivity index (χ0n) is 17.7. The fourth-order valence-corrected chi connectivity index (χ4v) is 4.60. The molecular weight excluding hydrogens is 435 g/mol. The third-order valence-corrected chi connectivity index (χ3v) is 5.98. The minimum Gasteiger partial charge on any atom is -0.373 e. The van der Waals surface area contributed by atoms with Crippen molar-refractivity contribution in [3.8, 4) is 0 Å². The largest absolute Gasteiger partial charge is 0.373 e. The van der Waals surface area contributed by atoms with Gasteiger partial charge in [-0.3, -0.25) is 9.47 Å². The topological polar surface area (TPSA) is 77.6 Å². The monoisotopic (exact) mass is 456 g/mol. The molecule has 0 aliphatic carbocycles. The van der Waals surface area contributed by atoms with Crippen LogP contribution in [-0.4, -0.2) is 54.3 Å². The van der Waals surface area contributed by atoms with Crippen molar-refractivity contribution in [2.45, 2.75) is 39.1 Å². The molecule has 8 nitrogen and oxygen atoms in total. The third-order valence-electron chi connectivity index (χ3n) is 5.62. The molecule has 0 N–H and O–H groups in total. The van der Waals surface area contributed by atoms with Crippen LogP contribution in [0.25, 0.3) is 16.7 Å². The van der Waals surface area contributed by atoms with Gasteiger partial charge in [0.05, 0.1) is 24.1 Å². The molecule has 32 heavy (non-hydrogen) atoms. The highest BCUT2D eigenvalue weighted by molar-refractivity contribution is 6.31. The molecule has 10 heteroatoms. The van der Waals surface area contributed by atoms with Gasteiger partial charge in [0, 0.05) is 30.9 Å². The Labute approximate surface area is 188 Å². The van der Waals surface area contributed by atoms with Crippen LogP contribution in [-0.2, 0) is 17.8 Å². The first-order chi connectivity index (χ1) is 15.4. The molecular formula is C22H22ClFN6O2. The lowest BCUT2D eigenvalue weighted by molar-refractivity contribution is -0.0705. The van der Waals surface area contributed by atoms with Crippen molar-refractivity contribution in [3.63, 3.8) is 0 Å². The molecule has 2 atom stereocenters. The number of pyridine rings is 1. The minimum absolute atomic E-state index is 0.134. The van der Waals surface area contributed by atoms with E-state index in [1.807, 2.05) is 6.07 Å². The molecule has 4 heterocycles. The van der Waals surface area contributed by atoms with Crippen molar-refractivity contribution in [2.75, 3.05) is 13.1 Å². The number of aromatic nitrogens is 5. The van der Waals surface area contributed by atoms with Crippen molar-refractivity contribution in [2.24, 2.45) is 0 Å². The Morgan fingerprint density at radius 3 is 2.66 bits per heavy atom. The van der Waals surface area contributed by atoms with E-state index in [1.165, 1.54) is 27.5 Å². The normalized spacial score (nSPS) is 19.8. The van der Waals surface area contributed by atoms with E-state index in [9.17, 15) is 9.18 Å². The van der Waals surface area contributed by atoms with Crippen LogP contribution in [0.4, 0.5) is 4.39 Å². The smallest absolute Gasteiger partial charge is 0.352 e. The Balaban J connectivity index is 1.58. The predicted molar refractivity (Wildman–Crippen MR) is 118 cm³/mol. The second kappa shape index (κ2) is 8.23. The van der Waals surface area contributed by atoms with E-state index >= 15 is 0 Å². The minimum atomic E-state index is -0.433. The second-order valence-corrected chi connectivity index (χ2v) is 8.67. The quantitative estimate of drug-likeness (QED) is 0.470. The maximum atomic E-state index is 13.5. The van der Waals surface area contributed by atoms with Crippen molar-refractivity contribution >= 4 is 28.3 Å². The van der Waals surface area contributed by atoms with E-state index in [-0.39, 0.29) is 29.5 Å². The Hall–Kier alpha value is -2.88. The van der Waals surface area contributed by atoms with Crippen molar-refractivity contribution in [3.05, 3.63) is 69.2 Å². The summed E-state index contributed by atoms with van der Waals surface area (Å²) in [7, 11) is 0. The standard InChI is InChI=1S/C22H22ClFN6O2/c1-13-8-28(9-14(2)32-13)10-15-5-18-20(25-7-15)29(22(31)30-21(18)26-12-27-30)11-16-3-4-17(24)6-19(16)23/h3-7,12-14H,8-11H2,1-2H3. The Bertz CT molecular complexity index is 1360. The lowest BCUT2D eigenvalue weighted by Gasteiger charge is -2.35. The molecule has 3 aromatic heterocycles. The molecule has 1 aliphatic rings. The Kier molecular flexibility index (Phi) is 5.40. The first kappa shape index (κ1) is 21.0. The van der Waals surface area contributed by atoms with E-state index in [2.05, 4.69) is 33.8 Å². The molecule has 1 saturated heterocycles. The molecule has 5 rings (SSSR count). The summed E-state index contributed by atoms with van der Waals surface area (Å²) in [6.07, 6.45) is 3.47. The molecule has 1 fully saturated rings. The zero-order valence-corrected chi connectivity index (χ0v) is 18.5. The number of nitrogens with zero attached hydrogens (tertiary/aromatic N) is 6. The fraction of sp³-hybridized carbons (Fsp3) is 0.364. The molecule has 166 valence electrons. The summed E-state index contributed by atoms with van der Waals surface area (Å²) >= 11 is 6.21. The van der Waals surface area contributed by atoms with Gasteiger partial charge < -0.3 is 4.74 Å². The summed E-state index contributed by atoms with van der Waals surface area (Å²) < 4.78 is 22.0. The number of rotatable bonds is 4. The van der Waals surface area contributed by atoms with Gasteiger partial charge in [0.1, 0.15) is 17.8 Å². The first-order valence-corrected chi connectivity index (χ1v) is 10.8. The van der Waals surface area contributed by atoms with Crippen molar-refractivity contribution in [1.29, 1.82) is 0 Å². The van der Waals surface area contributed by atoms with E-state index in [0.29, 0.717) is 28.8 Å². The van der Waals surface area contributed by atoms with Crippen LogP contribution < -0.4 is 5.69 Å². The lowest BCUT2D eigenvalue weighted by atomic mass is 10.1. The summed E-state index contributed by atoms with van der Waals surface area (Å²) in [6.45, 7) is 6.66. The number of halogens is 2. The molecule has 0 bridgehead atoms. The van der Waals surface area contributed by atoms with Crippen LogP contribution in [0.15, 0.2) is 41.6 Å². The second-order valence-electron chi connectivity index (χ2n) is 8.27. The average Bonchev–Trinajstić information content (AvgIpc) is 3.22.